The lowest BCUT2D eigenvalue weighted by Gasteiger charge is -2.12. The van der Waals surface area contributed by atoms with E-state index in [1.54, 1.807) is 13.3 Å². The number of anilines is 1. The first-order valence-electron chi connectivity index (χ1n) is 4.75. The van der Waals surface area contributed by atoms with Crippen molar-refractivity contribution >= 4 is 11.4 Å². The van der Waals surface area contributed by atoms with Gasteiger partial charge in [0.25, 0.3) is 0 Å². The van der Waals surface area contributed by atoms with E-state index >= 15 is 0 Å². The van der Waals surface area contributed by atoms with Gasteiger partial charge in [0.15, 0.2) is 17.4 Å². The molecular weight excluding hydrogens is 194 g/mol. The van der Waals surface area contributed by atoms with Gasteiger partial charge in [0.05, 0.1) is 26.5 Å². The van der Waals surface area contributed by atoms with Gasteiger partial charge in [-0.3, -0.25) is 0 Å². The second-order valence-electron chi connectivity index (χ2n) is 3.20. The third kappa shape index (κ3) is 2.07. The van der Waals surface area contributed by atoms with E-state index in [0.29, 0.717) is 30.6 Å². The first-order valence-corrected chi connectivity index (χ1v) is 4.75. The molecule has 0 atom stereocenters. The highest BCUT2D eigenvalue weighted by Gasteiger charge is 2.11. The molecule has 2 rings (SSSR count). The van der Waals surface area contributed by atoms with Crippen molar-refractivity contribution in [3.05, 3.63) is 18.1 Å². The smallest absolute Gasteiger partial charge is 0.179 e. The van der Waals surface area contributed by atoms with E-state index < -0.39 is 0 Å². The topological polar surface area (TPSA) is 70.3 Å². The van der Waals surface area contributed by atoms with Gasteiger partial charge in [0.2, 0.25) is 0 Å². The Balaban J connectivity index is 2.29. The Bertz CT molecular complexity index is 390. The molecule has 0 aliphatic carbocycles. The summed E-state index contributed by atoms with van der Waals surface area (Å²) < 4.78 is 10.2. The van der Waals surface area contributed by atoms with Crippen molar-refractivity contribution in [3.63, 3.8) is 0 Å². The normalized spacial score (nSPS) is 15.9. The van der Waals surface area contributed by atoms with Gasteiger partial charge >= 0.3 is 0 Å². The Kier molecular flexibility index (Phi) is 2.82. The largest absolute Gasteiger partial charge is 0.491 e. The number of aromatic nitrogens is 2. The molecule has 15 heavy (non-hydrogen) atoms. The predicted molar refractivity (Wildman–Crippen MR) is 56.4 cm³/mol. The van der Waals surface area contributed by atoms with Crippen LogP contribution in [0.4, 0.5) is 5.82 Å². The number of methoxy groups -OCH3 is 1. The quantitative estimate of drug-likeness (QED) is 0.779. The molecular formula is C10H13N3O2. The number of nitrogen functional groups attached to an aromatic ring is 1. The van der Waals surface area contributed by atoms with Crippen LogP contribution in [-0.4, -0.2) is 30.3 Å². The standard InChI is InChI=1S/C10H13N3O2/c1-14-8-6-12-10(13-9(8)11)7-2-4-15-5-3-7/h2,6H,3-5H2,1H3,(H2,11,12,13). The Labute approximate surface area is 87.9 Å². The lowest BCUT2D eigenvalue weighted by atomic mass is 10.1. The van der Waals surface area contributed by atoms with Crippen LogP contribution >= 0.6 is 0 Å². The van der Waals surface area contributed by atoms with Crippen LogP contribution in [0.3, 0.4) is 0 Å². The summed E-state index contributed by atoms with van der Waals surface area (Å²) >= 11 is 0. The summed E-state index contributed by atoms with van der Waals surface area (Å²) in [5, 5.41) is 0. The summed E-state index contributed by atoms with van der Waals surface area (Å²) in [5.41, 5.74) is 6.78. The zero-order valence-electron chi connectivity index (χ0n) is 8.56. The van der Waals surface area contributed by atoms with Crippen molar-refractivity contribution in [2.24, 2.45) is 0 Å². The van der Waals surface area contributed by atoms with E-state index in [-0.39, 0.29) is 0 Å². The Morgan fingerprint density at radius 1 is 1.53 bits per heavy atom. The van der Waals surface area contributed by atoms with Crippen molar-refractivity contribution in [2.75, 3.05) is 26.1 Å². The fourth-order valence-corrected chi connectivity index (χ4v) is 1.43. The molecule has 0 unspecified atom stereocenters. The lowest BCUT2D eigenvalue weighted by molar-refractivity contribution is 0.161. The first kappa shape index (κ1) is 9.92. The van der Waals surface area contributed by atoms with E-state index in [0.717, 1.165) is 12.0 Å². The average molecular weight is 207 g/mol. The summed E-state index contributed by atoms with van der Waals surface area (Å²) in [5.74, 6) is 1.54. The van der Waals surface area contributed by atoms with Crippen molar-refractivity contribution in [3.8, 4) is 5.75 Å². The molecule has 1 aromatic heterocycles. The molecule has 5 heteroatoms. The summed E-state index contributed by atoms with van der Waals surface area (Å²) in [6.07, 6.45) is 4.39. The van der Waals surface area contributed by atoms with Crippen molar-refractivity contribution in [1.29, 1.82) is 0 Å². The van der Waals surface area contributed by atoms with E-state index in [2.05, 4.69) is 9.97 Å². The van der Waals surface area contributed by atoms with Crippen LogP contribution in [0.1, 0.15) is 12.2 Å². The molecule has 0 radical (unpaired) electrons. The molecule has 0 fully saturated rings. The zero-order chi connectivity index (χ0) is 10.7. The first-order chi connectivity index (χ1) is 7.31. The van der Waals surface area contributed by atoms with E-state index in [1.165, 1.54) is 0 Å². The van der Waals surface area contributed by atoms with Crippen molar-refractivity contribution in [2.45, 2.75) is 6.42 Å². The summed E-state index contributed by atoms with van der Waals surface area (Å²) in [4.78, 5) is 8.38. The Hall–Kier alpha value is -1.62. The second kappa shape index (κ2) is 4.27. The van der Waals surface area contributed by atoms with Crippen molar-refractivity contribution in [1.82, 2.24) is 9.97 Å². The maximum Gasteiger partial charge on any atom is 0.179 e. The molecule has 1 aromatic rings. The summed E-state index contributed by atoms with van der Waals surface area (Å²) in [7, 11) is 1.54. The number of ether oxygens (including phenoxy) is 2. The van der Waals surface area contributed by atoms with Crippen LogP contribution in [-0.2, 0) is 4.74 Å². The van der Waals surface area contributed by atoms with Crippen LogP contribution < -0.4 is 10.5 Å². The van der Waals surface area contributed by atoms with Gasteiger partial charge in [-0.2, -0.15) is 0 Å². The lowest BCUT2D eigenvalue weighted by Crippen LogP contribution is -2.07. The minimum Gasteiger partial charge on any atom is -0.491 e. The number of nitrogens with two attached hydrogens (primary N) is 1. The third-order valence-electron chi connectivity index (χ3n) is 2.25. The van der Waals surface area contributed by atoms with Gasteiger partial charge < -0.3 is 15.2 Å². The highest BCUT2D eigenvalue weighted by Crippen LogP contribution is 2.22. The average Bonchev–Trinajstić information content (AvgIpc) is 2.30. The molecule has 0 saturated heterocycles. The molecule has 1 aliphatic rings. The minimum absolute atomic E-state index is 0.370. The molecule has 80 valence electrons. The van der Waals surface area contributed by atoms with Gasteiger partial charge in [-0.05, 0) is 12.0 Å². The summed E-state index contributed by atoms with van der Waals surface area (Å²) in [6, 6.07) is 0. The molecule has 2 N–H and O–H groups in total. The van der Waals surface area contributed by atoms with Crippen LogP contribution in [0.2, 0.25) is 0 Å². The minimum atomic E-state index is 0.370. The molecule has 0 bridgehead atoms. The number of nitrogens with zero attached hydrogens (tertiary/aromatic N) is 2. The van der Waals surface area contributed by atoms with Gasteiger partial charge in [-0.25, -0.2) is 9.97 Å². The molecule has 0 aromatic carbocycles. The maximum absolute atomic E-state index is 5.70. The fraction of sp³-hybridized carbons (Fsp3) is 0.400. The molecule has 0 spiro atoms. The van der Waals surface area contributed by atoms with Crippen LogP contribution in [0.25, 0.3) is 5.57 Å². The van der Waals surface area contributed by atoms with Gasteiger partial charge in [-0.1, -0.05) is 6.08 Å². The second-order valence-corrected chi connectivity index (χ2v) is 3.20. The molecule has 0 saturated carbocycles. The van der Waals surface area contributed by atoms with Gasteiger partial charge in [0.1, 0.15) is 0 Å². The molecule has 2 heterocycles. The highest BCUT2D eigenvalue weighted by atomic mass is 16.5. The Morgan fingerprint density at radius 2 is 2.40 bits per heavy atom. The summed E-state index contributed by atoms with van der Waals surface area (Å²) in [6.45, 7) is 1.33. The monoisotopic (exact) mass is 207 g/mol. The fourth-order valence-electron chi connectivity index (χ4n) is 1.43. The van der Waals surface area contributed by atoms with Gasteiger partial charge in [0, 0.05) is 0 Å². The van der Waals surface area contributed by atoms with E-state index in [4.69, 9.17) is 15.2 Å². The molecule has 0 amide bonds. The van der Waals surface area contributed by atoms with Crippen molar-refractivity contribution < 1.29 is 9.47 Å². The number of hydrogen-bond acceptors (Lipinski definition) is 5. The maximum atomic E-state index is 5.70. The third-order valence-corrected chi connectivity index (χ3v) is 2.25. The number of rotatable bonds is 2. The number of hydrogen-bond donors (Lipinski definition) is 1. The zero-order valence-corrected chi connectivity index (χ0v) is 8.56. The molecule has 1 aliphatic heterocycles. The van der Waals surface area contributed by atoms with Gasteiger partial charge in [-0.15, -0.1) is 0 Å². The molecule has 5 nitrogen and oxygen atoms in total. The van der Waals surface area contributed by atoms with E-state index in [9.17, 15) is 0 Å². The SMILES string of the molecule is COc1cnc(C2=CCOCC2)nc1N. The predicted octanol–water partition coefficient (Wildman–Crippen LogP) is 0.871. The van der Waals surface area contributed by atoms with Crippen LogP contribution in [0, 0.1) is 0 Å². The van der Waals surface area contributed by atoms with Crippen LogP contribution in [0.15, 0.2) is 12.3 Å². The van der Waals surface area contributed by atoms with E-state index in [1.807, 2.05) is 6.08 Å². The van der Waals surface area contributed by atoms with Crippen LogP contribution in [0.5, 0.6) is 5.75 Å². The Morgan fingerprint density at radius 3 is 3.00 bits per heavy atom. The highest BCUT2D eigenvalue weighted by molar-refractivity contribution is 5.62.